The SMILES string of the molecule is FC(F)(F)CN(CCCl)Cc1ccccc1Br. The van der Waals surface area contributed by atoms with Crippen LogP contribution in [0.1, 0.15) is 5.56 Å². The third kappa shape index (κ3) is 5.75. The number of halogens is 5. The molecule has 1 aromatic carbocycles. The van der Waals surface area contributed by atoms with Gasteiger partial charge in [-0.25, -0.2) is 0 Å². The van der Waals surface area contributed by atoms with Crippen LogP contribution in [0.4, 0.5) is 13.2 Å². The fourth-order valence-electron chi connectivity index (χ4n) is 1.45. The summed E-state index contributed by atoms with van der Waals surface area (Å²) in [5.41, 5.74) is 0.821. The molecule has 0 spiro atoms. The monoisotopic (exact) mass is 329 g/mol. The van der Waals surface area contributed by atoms with E-state index in [0.717, 1.165) is 10.0 Å². The summed E-state index contributed by atoms with van der Waals surface area (Å²) < 4.78 is 37.8. The van der Waals surface area contributed by atoms with Crippen molar-refractivity contribution < 1.29 is 13.2 Å². The van der Waals surface area contributed by atoms with E-state index < -0.39 is 12.7 Å². The third-order valence-corrected chi connectivity index (χ3v) is 3.10. The van der Waals surface area contributed by atoms with Crippen LogP contribution in [0.3, 0.4) is 0 Å². The molecule has 0 aliphatic heterocycles. The highest BCUT2D eigenvalue weighted by Crippen LogP contribution is 2.21. The fourth-order valence-corrected chi connectivity index (χ4v) is 2.10. The molecule has 1 nitrogen and oxygen atoms in total. The Morgan fingerprint density at radius 3 is 2.41 bits per heavy atom. The van der Waals surface area contributed by atoms with Gasteiger partial charge in [0.2, 0.25) is 0 Å². The molecule has 0 aliphatic carbocycles. The number of rotatable bonds is 5. The van der Waals surface area contributed by atoms with Gasteiger partial charge in [-0.2, -0.15) is 13.2 Å². The summed E-state index contributed by atoms with van der Waals surface area (Å²) in [5, 5.41) is 0. The van der Waals surface area contributed by atoms with Crippen LogP contribution in [0.5, 0.6) is 0 Å². The van der Waals surface area contributed by atoms with Gasteiger partial charge in [-0.15, -0.1) is 11.6 Å². The van der Waals surface area contributed by atoms with E-state index in [1.165, 1.54) is 4.90 Å². The van der Waals surface area contributed by atoms with E-state index in [4.69, 9.17) is 11.6 Å². The first kappa shape index (κ1) is 14.8. The van der Waals surface area contributed by atoms with E-state index in [1.807, 2.05) is 12.1 Å². The molecule has 1 rings (SSSR count). The van der Waals surface area contributed by atoms with Gasteiger partial charge < -0.3 is 0 Å². The van der Waals surface area contributed by atoms with E-state index in [0.29, 0.717) is 0 Å². The number of hydrogen-bond donors (Lipinski definition) is 0. The summed E-state index contributed by atoms with van der Waals surface area (Å²) in [6.07, 6.45) is -4.20. The van der Waals surface area contributed by atoms with Crippen molar-refractivity contribution in [3.05, 3.63) is 34.3 Å². The Labute approximate surface area is 112 Å². The van der Waals surface area contributed by atoms with Crippen LogP contribution in [0.2, 0.25) is 0 Å². The van der Waals surface area contributed by atoms with Crippen LogP contribution in [-0.4, -0.2) is 30.0 Å². The zero-order valence-corrected chi connectivity index (χ0v) is 11.3. The van der Waals surface area contributed by atoms with E-state index in [2.05, 4.69) is 15.9 Å². The molecule has 0 heterocycles. The Hall–Kier alpha value is -0.260. The summed E-state index contributed by atoms with van der Waals surface area (Å²) in [4.78, 5) is 1.28. The smallest absolute Gasteiger partial charge is 0.289 e. The second-order valence-corrected chi connectivity index (χ2v) is 4.84. The van der Waals surface area contributed by atoms with Crippen molar-refractivity contribution in [1.29, 1.82) is 0 Å². The van der Waals surface area contributed by atoms with Crippen molar-refractivity contribution in [3.63, 3.8) is 0 Å². The first-order chi connectivity index (χ1) is 7.92. The van der Waals surface area contributed by atoms with Crippen molar-refractivity contribution in [1.82, 2.24) is 4.90 Å². The maximum absolute atomic E-state index is 12.3. The molecule has 1 aromatic rings. The molecule has 0 amide bonds. The van der Waals surface area contributed by atoms with Crippen molar-refractivity contribution in [2.75, 3.05) is 19.0 Å². The van der Waals surface area contributed by atoms with Gasteiger partial charge in [0.1, 0.15) is 0 Å². The van der Waals surface area contributed by atoms with Crippen molar-refractivity contribution >= 4 is 27.5 Å². The molecule has 0 aromatic heterocycles. The minimum absolute atomic E-state index is 0.181. The first-order valence-electron chi connectivity index (χ1n) is 5.01. The molecule has 0 saturated carbocycles. The quantitative estimate of drug-likeness (QED) is 0.736. The second-order valence-electron chi connectivity index (χ2n) is 3.61. The van der Waals surface area contributed by atoms with E-state index in [9.17, 15) is 13.2 Å². The highest BCUT2D eigenvalue weighted by atomic mass is 79.9. The Balaban J connectivity index is 2.70. The molecule has 17 heavy (non-hydrogen) atoms. The summed E-state index contributed by atoms with van der Waals surface area (Å²) in [5.74, 6) is 0.181. The maximum Gasteiger partial charge on any atom is 0.401 e. The van der Waals surface area contributed by atoms with Gasteiger partial charge in [0.05, 0.1) is 6.54 Å². The molecule has 96 valence electrons. The Kier molecular flexibility index (Phi) is 5.76. The second kappa shape index (κ2) is 6.61. The zero-order chi connectivity index (χ0) is 12.9. The van der Waals surface area contributed by atoms with Crippen LogP contribution in [-0.2, 0) is 6.54 Å². The standard InChI is InChI=1S/C11H12BrClF3N/c12-10-4-2-1-3-9(10)7-17(6-5-13)8-11(14,15)16/h1-4H,5-8H2. The van der Waals surface area contributed by atoms with Gasteiger partial charge >= 0.3 is 6.18 Å². The first-order valence-corrected chi connectivity index (χ1v) is 6.33. The lowest BCUT2D eigenvalue weighted by Crippen LogP contribution is -2.35. The van der Waals surface area contributed by atoms with Crippen LogP contribution in [0.25, 0.3) is 0 Å². The Bertz CT molecular complexity index is 357. The molecule has 0 unspecified atom stereocenters. The molecule has 0 atom stereocenters. The van der Waals surface area contributed by atoms with E-state index >= 15 is 0 Å². The minimum Gasteiger partial charge on any atom is -0.289 e. The van der Waals surface area contributed by atoms with Gasteiger partial charge in [-0.3, -0.25) is 4.90 Å². The van der Waals surface area contributed by atoms with Gasteiger partial charge in [-0.1, -0.05) is 34.1 Å². The van der Waals surface area contributed by atoms with Crippen LogP contribution < -0.4 is 0 Å². The maximum atomic E-state index is 12.3. The molecular weight excluding hydrogens is 318 g/mol. The molecule has 0 fully saturated rings. The van der Waals surface area contributed by atoms with Gasteiger partial charge in [0.15, 0.2) is 0 Å². The summed E-state index contributed by atoms with van der Waals surface area (Å²) in [6, 6.07) is 7.22. The zero-order valence-electron chi connectivity index (χ0n) is 8.97. The lowest BCUT2D eigenvalue weighted by atomic mass is 10.2. The average molecular weight is 331 g/mol. The number of hydrogen-bond acceptors (Lipinski definition) is 1. The van der Waals surface area contributed by atoms with Crippen molar-refractivity contribution in [2.24, 2.45) is 0 Å². The molecular formula is C11H12BrClF3N. The van der Waals surface area contributed by atoms with E-state index in [1.54, 1.807) is 12.1 Å². The highest BCUT2D eigenvalue weighted by Gasteiger charge is 2.30. The molecule has 6 heteroatoms. The fraction of sp³-hybridized carbons (Fsp3) is 0.455. The molecule has 0 bridgehead atoms. The van der Waals surface area contributed by atoms with Gasteiger partial charge in [0.25, 0.3) is 0 Å². The third-order valence-electron chi connectivity index (χ3n) is 2.16. The van der Waals surface area contributed by atoms with Crippen molar-refractivity contribution in [2.45, 2.75) is 12.7 Å². The van der Waals surface area contributed by atoms with Crippen LogP contribution >= 0.6 is 27.5 Å². The van der Waals surface area contributed by atoms with Crippen molar-refractivity contribution in [3.8, 4) is 0 Å². The molecule has 0 aliphatic rings. The Morgan fingerprint density at radius 2 is 1.88 bits per heavy atom. The average Bonchev–Trinajstić information content (AvgIpc) is 2.19. The number of benzene rings is 1. The lowest BCUT2D eigenvalue weighted by molar-refractivity contribution is -0.146. The predicted octanol–water partition coefficient (Wildman–Crippen LogP) is 4.05. The Morgan fingerprint density at radius 1 is 1.24 bits per heavy atom. The van der Waals surface area contributed by atoms with Gasteiger partial charge in [-0.05, 0) is 11.6 Å². The predicted molar refractivity (Wildman–Crippen MR) is 66.2 cm³/mol. The topological polar surface area (TPSA) is 3.24 Å². The number of nitrogens with zero attached hydrogens (tertiary/aromatic N) is 1. The summed E-state index contributed by atoms with van der Waals surface area (Å²) >= 11 is 8.83. The van der Waals surface area contributed by atoms with E-state index in [-0.39, 0.29) is 19.0 Å². The largest absolute Gasteiger partial charge is 0.401 e. The van der Waals surface area contributed by atoms with Crippen LogP contribution in [0.15, 0.2) is 28.7 Å². The number of alkyl halides is 4. The minimum atomic E-state index is -4.20. The molecule has 0 saturated heterocycles. The summed E-state index contributed by atoms with van der Waals surface area (Å²) in [6.45, 7) is -0.503. The van der Waals surface area contributed by atoms with Gasteiger partial charge in [0, 0.05) is 23.4 Å². The molecule has 0 radical (unpaired) electrons. The molecule has 0 N–H and O–H groups in total. The highest BCUT2D eigenvalue weighted by molar-refractivity contribution is 9.10. The lowest BCUT2D eigenvalue weighted by Gasteiger charge is -2.23. The normalized spacial score (nSPS) is 12.1. The van der Waals surface area contributed by atoms with Crippen LogP contribution in [0, 0.1) is 0 Å². The summed E-state index contributed by atoms with van der Waals surface area (Å²) in [7, 11) is 0.